The number of nitrogens with two attached hydrogens (primary N) is 1. The fourth-order valence-electron chi connectivity index (χ4n) is 1.02. The molecule has 1 amide bonds. The van der Waals surface area contributed by atoms with Gasteiger partial charge in [-0.1, -0.05) is 12.8 Å². The number of rotatable bonds is 7. The van der Waals surface area contributed by atoms with Crippen molar-refractivity contribution >= 4 is 11.9 Å². The molecule has 0 bridgehead atoms. The second-order valence-electron chi connectivity index (χ2n) is 2.94. The van der Waals surface area contributed by atoms with Crippen molar-refractivity contribution in [3.8, 4) is 0 Å². The fraction of sp³-hybridized carbons (Fsp3) is 0.750. The van der Waals surface area contributed by atoms with Crippen molar-refractivity contribution in [2.24, 2.45) is 5.90 Å². The third-order valence-corrected chi connectivity index (χ3v) is 1.79. The zero-order chi connectivity index (χ0) is 10.8. The van der Waals surface area contributed by atoms with E-state index in [9.17, 15) is 9.59 Å². The van der Waals surface area contributed by atoms with Crippen LogP contribution in [0, 0.1) is 0 Å². The molecule has 0 aliphatic rings. The van der Waals surface area contributed by atoms with Crippen LogP contribution in [0.5, 0.6) is 0 Å². The Morgan fingerprint density at radius 3 is 2.21 bits per heavy atom. The number of amides is 1. The smallest absolute Gasteiger partial charge is 0.324 e. The largest absolute Gasteiger partial charge is 0.373 e. The van der Waals surface area contributed by atoms with Crippen molar-refractivity contribution in [2.45, 2.75) is 38.5 Å². The summed E-state index contributed by atoms with van der Waals surface area (Å²) >= 11 is 0. The molecular formula is C8H16N2O4. The molecule has 0 aliphatic carbocycles. The van der Waals surface area contributed by atoms with Gasteiger partial charge in [0.15, 0.2) is 0 Å². The third-order valence-electron chi connectivity index (χ3n) is 1.79. The van der Waals surface area contributed by atoms with E-state index in [0.717, 1.165) is 12.8 Å². The van der Waals surface area contributed by atoms with Crippen LogP contribution < -0.4 is 11.4 Å². The number of carbonyl (C=O) groups excluding carboxylic acids is 2. The first kappa shape index (κ1) is 12.9. The molecule has 0 spiro atoms. The normalized spacial score (nSPS) is 9.57. The highest BCUT2D eigenvalue weighted by Gasteiger charge is 2.01. The van der Waals surface area contributed by atoms with Crippen LogP contribution >= 0.6 is 0 Å². The Morgan fingerprint density at radius 2 is 1.71 bits per heavy atom. The predicted molar refractivity (Wildman–Crippen MR) is 47.9 cm³/mol. The summed E-state index contributed by atoms with van der Waals surface area (Å²) in [5, 5.41) is 8.17. The Hall–Kier alpha value is -1.14. The Kier molecular flexibility index (Phi) is 7.77. The Labute approximate surface area is 82.3 Å². The Morgan fingerprint density at radius 1 is 1.14 bits per heavy atom. The third kappa shape index (κ3) is 7.51. The second kappa shape index (κ2) is 8.46. The lowest BCUT2D eigenvalue weighted by molar-refractivity contribution is -0.144. The molecule has 0 atom stereocenters. The van der Waals surface area contributed by atoms with Crippen molar-refractivity contribution in [1.82, 2.24) is 5.48 Å². The molecule has 0 radical (unpaired) electrons. The highest BCUT2D eigenvalue weighted by atomic mass is 16.7. The van der Waals surface area contributed by atoms with E-state index in [4.69, 9.17) is 5.21 Å². The van der Waals surface area contributed by atoms with Crippen molar-refractivity contribution in [1.29, 1.82) is 0 Å². The first-order valence-electron chi connectivity index (χ1n) is 4.53. The summed E-state index contributed by atoms with van der Waals surface area (Å²) in [4.78, 5) is 25.1. The van der Waals surface area contributed by atoms with Crippen molar-refractivity contribution < 1.29 is 19.6 Å². The molecule has 0 rings (SSSR count). The van der Waals surface area contributed by atoms with Crippen LogP contribution in [0.25, 0.3) is 0 Å². The number of nitrogens with one attached hydrogen (secondary N) is 1. The fourth-order valence-corrected chi connectivity index (χ4v) is 1.02. The standard InChI is InChI=1S/C8H16N2O4/c9-14-8(12)6-4-2-1-3-5-7(11)10-13/h13H,1-6,9H2,(H,10,11). The van der Waals surface area contributed by atoms with Gasteiger partial charge in [0.2, 0.25) is 5.91 Å². The van der Waals surface area contributed by atoms with Crippen LogP contribution in [-0.4, -0.2) is 17.1 Å². The van der Waals surface area contributed by atoms with E-state index in [2.05, 4.69) is 10.7 Å². The maximum absolute atomic E-state index is 10.6. The molecule has 4 N–H and O–H groups in total. The minimum atomic E-state index is -0.418. The zero-order valence-corrected chi connectivity index (χ0v) is 7.99. The van der Waals surface area contributed by atoms with E-state index in [1.54, 1.807) is 5.48 Å². The summed E-state index contributed by atoms with van der Waals surface area (Å²) in [6.45, 7) is 0. The first-order chi connectivity index (χ1) is 6.70. The highest BCUT2D eigenvalue weighted by molar-refractivity contribution is 5.74. The van der Waals surface area contributed by atoms with Crippen LogP contribution in [0.15, 0.2) is 0 Å². The lowest BCUT2D eigenvalue weighted by Gasteiger charge is -1.99. The summed E-state index contributed by atoms with van der Waals surface area (Å²) in [5.74, 6) is 3.84. The van der Waals surface area contributed by atoms with Gasteiger partial charge in [-0.15, -0.1) is 0 Å². The van der Waals surface area contributed by atoms with Crippen LogP contribution in [-0.2, 0) is 14.4 Å². The van der Waals surface area contributed by atoms with E-state index in [0.29, 0.717) is 25.7 Å². The molecule has 0 aliphatic heterocycles. The van der Waals surface area contributed by atoms with Gasteiger partial charge in [0, 0.05) is 12.8 Å². The molecule has 14 heavy (non-hydrogen) atoms. The molecule has 0 aromatic carbocycles. The number of hydrogen-bond acceptors (Lipinski definition) is 5. The molecule has 0 saturated heterocycles. The second-order valence-corrected chi connectivity index (χ2v) is 2.94. The van der Waals surface area contributed by atoms with Crippen LogP contribution in [0.1, 0.15) is 38.5 Å². The molecule has 82 valence electrons. The van der Waals surface area contributed by atoms with Gasteiger partial charge in [-0.3, -0.25) is 14.8 Å². The van der Waals surface area contributed by atoms with E-state index in [1.165, 1.54) is 0 Å². The van der Waals surface area contributed by atoms with Gasteiger partial charge >= 0.3 is 5.97 Å². The average molecular weight is 204 g/mol. The van der Waals surface area contributed by atoms with Gasteiger partial charge < -0.3 is 4.84 Å². The Bertz CT molecular complexity index is 164. The average Bonchev–Trinajstić information content (AvgIpc) is 2.22. The molecule has 0 heterocycles. The van der Waals surface area contributed by atoms with Gasteiger partial charge in [0.25, 0.3) is 0 Å². The van der Waals surface area contributed by atoms with Crippen molar-refractivity contribution in [3.05, 3.63) is 0 Å². The quantitative estimate of drug-likeness (QED) is 0.313. The van der Waals surface area contributed by atoms with Crippen LogP contribution in [0.4, 0.5) is 0 Å². The SMILES string of the molecule is NOC(=O)CCCCCCC(=O)NO. The molecule has 6 nitrogen and oxygen atoms in total. The lowest BCUT2D eigenvalue weighted by Crippen LogP contribution is -2.17. The van der Waals surface area contributed by atoms with Gasteiger partial charge in [0.05, 0.1) is 0 Å². The van der Waals surface area contributed by atoms with Gasteiger partial charge in [-0.25, -0.2) is 5.48 Å². The number of hydroxylamine groups is 1. The first-order valence-corrected chi connectivity index (χ1v) is 4.53. The number of hydrogen-bond donors (Lipinski definition) is 3. The summed E-state index contributed by atoms with van der Waals surface area (Å²) in [5.41, 5.74) is 1.55. The molecule has 0 unspecified atom stereocenters. The number of carbonyl (C=O) groups is 2. The molecule has 0 fully saturated rings. The van der Waals surface area contributed by atoms with E-state index in [-0.39, 0.29) is 5.91 Å². The van der Waals surface area contributed by atoms with Gasteiger partial charge in [0.1, 0.15) is 0 Å². The maximum Gasteiger partial charge on any atom is 0.324 e. The van der Waals surface area contributed by atoms with Crippen LogP contribution in [0.3, 0.4) is 0 Å². The van der Waals surface area contributed by atoms with Crippen molar-refractivity contribution in [2.75, 3.05) is 0 Å². The lowest BCUT2D eigenvalue weighted by atomic mass is 10.1. The predicted octanol–water partition coefficient (Wildman–Crippen LogP) is 0.249. The van der Waals surface area contributed by atoms with E-state index in [1.807, 2.05) is 0 Å². The molecule has 0 aromatic rings. The topological polar surface area (TPSA) is 102 Å². The molecule has 0 aromatic heterocycles. The summed E-state index contributed by atoms with van der Waals surface area (Å²) in [6.07, 6.45) is 3.69. The van der Waals surface area contributed by atoms with E-state index >= 15 is 0 Å². The summed E-state index contributed by atoms with van der Waals surface area (Å²) < 4.78 is 0. The zero-order valence-electron chi connectivity index (χ0n) is 7.99. The van der Waals surface area contributed by atoms with Gasteiger partial charge in [-0.05, 0) is 12.8 Å². The molecular weight excluding hydrogens is 188 g/mol. The monoisotopic (exact) mass is 204 g/mol. The number of unbranched alkanes of at least 4 members (excludes halogenated alkanes) is 3. The minimum absolute atomic E-state index is 0.303. The van der Waals surface area contributed by atoms with Gasteiger partial charge in [-0.2, -0.15) is 5.90 Å². The van der Waals surface area contributed by atoms with Crippen molar-refractivity contribution in [3.63, 3.8) is 0 Å². The minimum Gasteiger partial charge on any atom is -0.373 e. The Balaban J connectivity index is 3.14. The van der Waals surface area contributed by atoms with E-state index < -0.39 is 5.97 Å². The maximum atomic E-state index is 10.6. The molecule has 6 heteroatoms. The summed E-state index contributed by atoms with van der Waals surface area (Å²) in [6, 6.07) is 0. The van der Waals surface area contributed by atoms with Crippen LogP contribution in [0.2, 0.25) is 0 Å². The molecule has 0 saturated carbocycles. The highest BCUT2D eigenvalue weighted by Crippen LogP contribution is 2.05. The summed E-state index contributed by atoms with van der Waals surface area (Å²) in [7, 11) is 0.